The maximum atomic E-state index is 11.9. The summed E-state index contributed by atoms with van der Waals surface area (Å²) < 4.78 is 6.13. The predicted molar refractivity (Wildman–Crippen MR) is 128 cm³/mol. The predicted octanol–water partition coefficient (Wildman–Crippen LogP) is 7.63. The molecule has 2 aromatic heterocycles. The lowest BCUT2D eigenvalue weighted by Crippen LogP contribution is -2.08. The second kappa shape index (κ2) is 8.74. The van der Waals surface area contributed by atoms with Crippen LogP contribution in [0.3, 0.4) is 0 Å². The fourth-order valence-corrected chi connectivity index (χ4v) is 3.96. The van der Waals surface area contributed by atoms with E-state index in [9.17, 15) is 4.79 Å². The first-order chi connectivity index (χ1) is 14.8. The molecular formula is C25H22Cl2N2O2. The number of pyridine rings is 1. The van der Waals surface area contributed by atoms with Crippen molar-refractivity contribution in [2.45, 2.75) is 27.2 Å². The van der Waals surface area contributed by atoms with Gasteiger partial charge in [0.25, 0.3) is 0 Å². The molecule has 6 heteroatoms. The maximum absolute atomic E-state index is 11.9. The van der Waals surface area contributed by atoms with Gasteiger partial charge in [0.2, 0.25) is 11.6 Å². The van der Waals surface area contributed by atoms with E-state index in [2.05, 4.69) is 19.2 Å². The van der Waals surface area contributed by atoms with Gasteiger partial charge in [0.1, 0.15) is 5.76 Å². The number of benzene rings is 2. The van der Waals surface area contributed by atoms with Crippen LogP contribution in [-0.4, -0.2) is 10.9 Å². The van der Waals surface area contributed by atoms with Crippen molar-refractivity contribution < 1.29 is 9.21 Å². The molecule has 4 aromatic rings. The molecule has 31 heavy (non-hydrogen) atoms. The highest BCUT2D eigenvalue weighted by molar-refractivity contribution is 6.33. The summed E-state index contributed by atoms with van der Waals surface area (Å²) in [4.78, 5) is 16.8. The molecule has 1 amide bonds. The molecule has 0 bridgehead atoms. The SMILES string of the molecule is CC(=O)Nc1c(CC(C)C)oc2nc(-c3ccccc3Cl)c(-c3ccc(Cl)cc3)cc12. The Bertz CT molecular complexity index is 1260. The molecule has 4 rings (SSSR count). The van der Waals surface area contributed by atoms with Gasteiger partial charge in [-0.25, -0.2) is 4.98 Å². The molecule has 0 radical (unpaired) electrons. The minimum Gasteiger partial charge on any atom is -0.440 e. The molecule has 0 atom stereocenters. The lowest BCUT2D eigenvalue weighted by molar-refractivity contribution is -0.114. The second-order valence-electron chi connectivity index (χ2n) is 7.90. The number of carbonyl (C=O) groups excluding carboxylic acids is 1. The number of furan rings is 1. The number of halogens is 2. The summed E-state index contributed by atoms with van der Waals surface area (Å²) in [6, 6.07) is 17.1. The third-order valence-electron chi connectivity index (χ3n) is 4.93. The Balaban J connectivity index is 2.03. The first-order valence-electron chi connectivity index (χ1n) is 10.1. The number of hydrogen-bond donors (Lipinski definition) is 1. The summed E-state index contributed by atoms with van der Waals surface area (Å²) in [5, 5.41) is 4.95. The summed E-state index contributed by atoms with van der Waals surface area (Å²) in [6.07, 6.45) is 0.684. The third kappa shape index (κ3) is 4.46. The highest BCUT2D eigenvalue weighted by Gasteiger charge is 2.22. The van der Waals surface area contributed by atoms with Gasteiger partial charge in [-0.2, -0.15) is 0 Å². The summed E-state index contributed by atoms with van der Waals surface area (Å²) in [6.45, 7) is 5.70. The van der Waals surface area contributed by atoms with E-state index < -0.39 is 0 Å². The topological polar surface area (TPSA) is 55.1 Å². The fourth-order valence-electron chi connectivity index (χ4n) is 3.61. The molecule has 0 unspecified atom stereocenters. The van der Waals surface area contributed by atoms with Crippen LogP contribution in [-0.2, 0) is 11.2 Å². The zero-order chi connectivity index (χ0) is 22.1. The van der Waals surface area contributed by atoms with Gasteiger partial charge in [0, 0.05) is 34.5 Å². The highest BCUT2D eigenvalue weighted by Crippen LogP contribution is 2.40. The zero-order valence-corrected chi connectivity index (χ0v) is 19.0. The Morgan fingerprint density at radius 2 is 1.77 bits per heavy atom. The van der Waals surface area contributed by atoms with E-state index in [1.165, 1.54) is 6.92 Å². The molecule has 1 N–H and O–H groups in total. The average molecular weight is 453 g/mol. The number of fused-ring (bicyclic) bond motifs is 1. The quantitative estimate of drug-likeness (QED) is 0.338. The molecule has 2 heterocycles. The highest BCUT2D eigenvalue weighted by atomic mass is 35.5. The Morgan fingerprint density at radius 1 is 1.06 bits per heavy atom. The van der Waals surface area contributed by atoms with Crippen LogP contribution in [0.25, 0.3) is 33.5 Å². The molecule has 0 aliphatic heterocycles. The number of nitrogens with zero attached hydrogens (tertiary/aromatic N) is 1. The van der Waals surface area contributed by atoms with Crippen molar-refractivity contribution in [3.05, 3.63) is 70.4 Å². The molecule has 0 saturated carbocycles. The van der Waals surface area contributed by atoms with Crippen LogP contribution in [0, 0.1) is 5.92 Å². The Hall–Kier alpha value is -2.82. The van der Waals surface area contributed by atoms with Gasteiger partial charge in [-0.3, -0.25) is 4.79 Å². The standard InChI is InChI=1S/C25H22Cl2N2O2/c1-14(2)12-22-24(28-15(3)30)20-13-19(16-8-10-17(26)11-9-16)23(29-25(20)31-22)18-6-4-5-7-21(18)27/h4-11,13-14H,12H2,1-3H3,(H,28,30). The van der Waals surface area contributed by atoms with Crippen molar-refractivity contribution in [3.8, 4) is 22.4 Å². The van der Waals surface area contributed by atoms with Crippen molar-refractivity contribution in [2.75, 3.05) is 5.32 Å². The van der Waals surface area contributed by atoms with Crippen molar-refractivity contribution in [1.29, 1.82) is 0 Å². The van der Waals surface area contributed by atoms with Crippen LogP contribution in [0.2, 0.25) is 10.0 Å². The number of anilines is 1. The van der Waals surface area contributed by atoms with Gasteiger partial charge in [0.05, 0.1) is 16.8 Å². The average Bonchev–Trinajstić information content (AvgIpc) is 3.03. The van der Waals surface area contributed by atoms with Gasteiger partial charge in [-0.15, -0.1) is 0 Å². The molecule has 0 saturated heterocycles. The largest absolute Gasteiger partial charge is 0.440 e. The van der Waals surface area contributed by atoms with Gasteiger partial charge in [-0.05, 0) is 35.7 Å². The minimum absolute atomic E-state index is 0.157. The summed E-state index contributed by atoms with van der Waals surface area (Å²) in [5.74, 6) is 0.911. The van der Waals surface area contributed by atoms with Gasteiger partial charge in [0.15, 0.2) is 0 Å². The first kappa shape index (κ1) is 21.4. The summed E-state index contributed by atoms with van der Waals surface area (Å²) >= 11 is 12.6. The van der Waals surface area contributed by atoms with E-state index in [4.69, 9.17) is 32.6 Å². The third-order valence-corrected chi connectivity index (χ3v) is 5.52. The van der Waals surface area contributed by atoms with Gasteiger partial charge in [-0.1, -0.05) is 67.4 Å². The van der Waals surface area contributed by atoms with E-state index in [0.717, 1.165) is 22.1 Å². The number of aromatic nitrogens is 1. The molecule has 158 valence electrons. The van der Waals surface area contributed by atoms with E-state index in [-0.39, 0.29) is 5.91 Å². The maximum Gasteiger partial charge on any atom is 0.229 e. The van der Waals surface area contributed by atoms with E-state index in [1.807, 2.05) is 54.6 Å². The van der Waals surface area contributed by atoms with Crippen molar-refractivity contribution in [1.82, 2.24) is 4.98 Å². The van der Waals surface area contributed by atoms with Crippen LogP contribution in [0.4, 0.5) is 5.69 Å². The normalized spacial score (nSPS) is 11.3. The Morgan fingerprint density at radius 3 is 2.42 bits per heavy atom. The van der Waals surface area contributed by atoms with E-state index in [1.54, 1.807) is 0 Å². The van der Waals surface area contributed by atoms with Crippen LogP contribution in [0.15, 0.2) is 59.0 Å². The lowest BCUT2D eigenvalue weighted by Gasteiger charge is -2.11. The van der Waals surface area contributed by atoms with Crippen LogP contribution in [0.1, 0.15) is 26.5 Å². The number of amides is 1. The molecule has 0 spiro atoms. The molecule has 0 fully saturated rings. The summed E-state index contributed by atoms with van der Waals surface area (Å²) in [5.41, 5.74) is 4.46. The van der Waals surface area contributed by atoms with Gasteiger partial charge >= 0.3 is 0 Å². The van der Waals surface area contributed by atoms with Crippen LogP contribution in [0.5, 0.6) is 0 Å². The molecule has 4 nitrogen and oxygen atoms in total. The van der Waals surface area contributed by atoms with Gasteiger partial charge < -0.3 is 9.73 Å². The number of rotatable bonds is 5. The molecular weight excluding hydrogens is 431 g/mol. The summed E-state index contributed by atoms with van der Waals surface area (Å²) in [7, 11) is 0. The monoisotopic (exact) mass is 452 g/mol. The van der Waals surface area contributed by atoms with Crippen LogP contribution < -0.4 is 5.32 Å². The first-order valence-corrected chi connectivity index (χ1v) is 10.8. The Kier molecular flexibility index (Phi) is 6.03. The molecule has 0 aliphatic carbocycles. The zero-order valence-electron chi connectivity index (χ0n) is 17.5. The smallest absolute Gasteiger partial charge is 0.229 e. The second-order valence-corrected chi connectivity index (χ2v) is 8.75. The van der Waals surface area contributed by atoms with Crippen LogP contribution >= 0.6 is 23.2 Å². The van der Waals surface area contributed by atoms with E-state index >= 15 is 0 Å². The van der Waals surface area contributed by atoms with Crippen molar-refractivity contribution in [3.63, 3.8) is 0 Å². The number of hydrogen-bond acceptors (Lipinski definition) is 3. The van der Waals surface area contributed by atoms with Crippen molar-refractivity contribution >= 4 is 45.9 Å². The molecule has 0 aliphatic rings. The number of carbonyl (C=O) groups is 1. The Labute approximate surface area is 191 Å². The fraction of sp³-hybridized carbons (Fsp3) is 0.200. The minimum atomic E-state index is -0.157. The van der Waals surface area contributed by atoms with Crippen molar-refractivity contribution in [2.24, 2.45) is 5.92 Å². The van der Waals surface area contributed by atoms with E-state index in [0.29, 0.717) is 45.2 Å². The molecule has 2 aromatic carbocycles. The lowest BCUT2D eigenvalue weighted by atomic mass is 9.98. The number of nitrogens with one attached hydrogen (secondary N) is 1.